The predicted molar refractivity (Wildman–Crippen MR) is 72.0 cm³/mol. The summed E-state index contributed by atoms with van der Waals surface area (Å²) >= 11 is 14.8. The highest BCUT2D eigenvalue weighted by atomic mass is 35.8. The van der Waals surface area contributed by atoms with Crippen molar-refractivity contribution in [3.8, 4) is 0 Å². The molecule has 0 N–H and O–H groups in total. The molecular weight excluding hydrogens is 257 g/mol. The fraction of sp³-hybridized carbons (Fsp3) is 1.00. The number of hydrogen-bond acceptors (Lipinski definition) is 1. The fourth-order valence-corrected chi connectivity index (χ4v) is 1.28. The van der Waals surface area contributed by atoms with E-state index in [9.17, 15) is 0 Å². The van der Waals surface area contributed by atoms with Crippen molar-refractivity contribution in [2.45, 2.75) is 40.0 Å². The van der Waals surface area contributed by atoms with Crippen molar-refractivity contribution in [2.75, 3.05) is 19.6 Å². The Morgan fingerprint density at radius 2 is 1.00 bits per heavy atom. The van der Waals surface area contributed by atoms with Gasteiger partial charge in [0.05, 0.1) is 0 Å². The van der Waals surface area contributed by atoms with Gasteiger partial charge >= 0.3 is 6.73 Å². The molecule has 0 aliphatic rings. The molecule has 0 spiro atoms. The van der Waals surface area contributed by atoms with E-state index in [0.29, 0.717) is 0 Å². The minimum absolute atomic E-state index is 1.28. The van der Waals surface area contributed by atoms with E-state index in [1.54, 1.807) is 0 Å². The van der Waals surface area contributed by atoms with E-state index in [1.807, 2.05) is 0 Å². The van der Waals surface area contributed by atoms with Crippen molar-refractivity contribution in [1.82, 2.24) is 4.90 Å². The molecule has 5 heteroatoms. The van der Waals surface area contributed by atoms with Crippen molar-refractivity contribution < 1.29 is 0 Å². The molecule has 0 saturated carbocycles. The lowest BCUT2D eigenvalue weighted by molar-refractivity contribution is 0.275. The van der Waals surface area contributed by atoms with Gasteiger partial charge in [-0.25, -0.2) is 0 Å². The molecule has 0 aliphatic carbocycles. The van der Waals surface area contributed by atoms with Crippen LogP contribution < -0.4 is 0 Å². The number of rotatable bonds is 6. The Morgan fingerprint density at radius 1 is 0.786 bits per heavy atom. The lowest BCUT2D eigenvalue weighted by Crippen LogP contribution is -2.25. The van der Waals surface area contributed by atoms with E-state index >= 15 is 0 Å². The van der Waals surface area contributed by atoms with Crippen LogP contribution in [0.15, 0.2) is 0 Å². The summed E-state index contributed by atoms with van der Waals surface area (Å²) in [5, 5.41) is 0. The molecule has 0 fully saturated rings. The molecule has 0 amide bonds. The summed E-state index contributed by atoms with van der Waals surface area (Å²) in [6.45, 7) is 8.86. The lowest BCUT2D eigenvalue weighted by Gasteiger charge is -2.19. The zero-order valence-electron chi connectivity index (χ0n) is 9.40. The third-order valence-corrected chi connectivity index (χ3v) is 1.62. The Hall–Kier alpha value is 1.05. The Labute approximate surface area is 104 Å². The second kappa shape index (κ2) is 14.0. The third-order valence-electron chi connectivity index (χ3n) is 1.62. The van der Waals surface area contributed by atoms with Gasteiger partial charge in [-0.2, -0.15) is 0 Å². The van der Waals surface area contributed by atoms with Gasteiger partial charge in [0.1, 0.15) is 0 Å². The van der Waals surface area contributed by atoms with E-state index in [1.165, 1.54) is 38.9 Å². The van der Waals surface area contributed by atoms with Gasteiger partial charge in [-0.15, -0.1) is 33.2 Å². The molecule has 0 saturated heterocycles. The Bertz CT molecular complexity index is 87.0. The normalized spacial score (nSPS) is 10.3. The molecule has 14 heavy (non-hydrogen) atoms. The van der Waals surface area contributed by atoms with Crippen LogP contribution in [0.1, 0.15) is 40.0 Å². The standard InChI is InChI=1S/C9H21N.Cl3HSi/c1-4-7-10(8-5-2)9-6-3;1-4(2)3/h4-9H2,1-3H3;4H. The van der Waals surface area contributed by atoms with Gasteiger partial charge in [0.15, 0.2) is 0 Å². The number of halogens is 3. The summed E-state index contributed by atoms with van der Waals surface area (Å²) in [5.74, 6) is 0. The Morgan fingerprint density at radius 3 is 1.14 bits per heavy atom. The Balaban J connectivity index is 0. The van der Waals surface area contributed by atoms with Crippen LogP contribution in [0.5, 0.6) is 0 Å². The molecular formula is C9H22Cl3NSi. The zero-order chi connectivity index (χ0) is 11.4. The summed E-state index contributed by atoms with van der Waals surface area (Å²) in [5.41, 5.74) is 0. The first-order valence-corrected chi connectivity index (χ1v) is 10.5. The first kappa shape index (κ1) is 17.4. The molecule has 0 aromatic carbocycles. The SMILES string of the molecule is CCCN(CCC)CCC.Cl[SiH](Cl)Cl. The molecule has 0 rings (SSSR count). The average Bonchev–Trinajstić information content (AvgIpc) is 2.04. The number of nitrogens with zero attached hydrogens (tertiary/aromatic N) is 1. The van der Waals surface area contributed by atoms with Crippen LogP contribution in [0.25, 0.3) is 0 Å². The zero-order valence-corrected chi connectivity index (χ0v) is 12.8. The molecule has 0 heterocycles. The second-order valence-corrected chi connectivity index (χ2v) is 9.52. The molecule has 88 valence electrons. The van der Waals surface area contributed by atoms with E-state index < -0.39 is 6.73 Å². The lowest BCUT2D eigenvalue weighted by atomic mass is 10.3. The van der Waals surface area contributed by atoms with Gasteiger partial charge in [-0.1, -0.05) is 20.8 Å². The van der Waals surface area contributed by atoms with Crippen LogP contribution in [0.2, 0.25) is 0 Å². The third kappa shape index (κ3) is 18.8. The molecule has 1 nitrogen and oxygen atoms in total. The largest absolute Gasteiger partial charge is 0.326 e. The predicted octanol–water partition coefficient (Wildman–Crippen LogP) is 3.94. The number of hydrogen-bond donors (Lipinski definition) is 0. The van der Waals surface area contributed by atoms with Crippen LogP contribution in [0.3, 0.4) is 0 Å². The van der Waals surface area contributed by atoms with Gasteiger partial charge in [-0.05, 0) is 38.9 Å². The quantitative estimate of drug-likeness (QED) is 0.525. The highest BCUT2D eigenvalue weighted by molar-refractivity contribution is 7.54. The molecule has 0 bridgehead atoms. The smallest absolute Gasteiger partial charge is 0.303 e. The first-order chi connectivity index (χ1) is 6.58. The van der Waals surface area contributed by atoms with E-state index in [2.05, 4.69) is 25.7 Å². The van der Waals surface area contributed by atoms with Crippen LogP contribution in [0.4, 0.5) is 0 Å². The summed E-state index contributed by atoms with van der Waals surface area (Å²) in [4.78, 5) is 2.54. The molecule has 0 aromatic heterocycles. The minimum atomic E-state index is -1.72. The summed E-state index contributed by atoms with van der Waals surface area (Å²) in [6.07, 6.45) is 3.88. The minimum Gasteiger partial charge on any atom is -0.303 e. The molecule has 0 aliphatic heterocycles. The second-order valence-electron chi connectivity index (χ2n) is 3.09. The summed E-state index contributed by atoms with van der Waals surface area (Å²) < 4.78 is 0. The van der Waals surface area contributed by atoms with E-state index in [4.69, 9.17) is 33.2 Å². The van der Waals surface area contributed by atoms with Crippen molar-refractivity contribution >= 4 is 40.0 Å². The van der Waals surface area contributed by atoms with Gasteiger partial charge in [0.2, 0.25) is 0 Å². The highest BCUT2D eigenvalue weighted by Crippen LogP contribution is 1.97. The van der Waals surface area contributed by atoms with E-state index in [-0.39, 0.29) is 0 Å². The van der Waals surface area contributed by atoms with Crippen LogP contribution in [0, 0.1) is 0 Å². The van der Waals surface area contributed by atoms with Crippen molar-refractivity contribution in [3.63, 3.8) is 0 Å². The molecule has 0 aromatic rings. The fourth-order valence-electron chi connectivity index (χ4n) is 1.28. The maximum absolute atomic E-state index is 4.94. The van der Waals surface area contributed by atoms with Crippen LogP contribution in [-0.2, 0) is 0 Å². The Kier molecular flexibility index (Phi) is 17.5. The molecule has 0 radical (unpaired) electrons. The van der Waals surface area contributed by atoms with Gasteiger partial charge in [0.25, 0.3) is 0 Å². The maximum atomic E-state index is 4.94. The maximum Gasteiger partial charge on any atom is 0.326 e. The summed E-state index contributed by atoms with van der Waals surface area (Å²) in [7, 11) is 0. The van der Waals surface area contributed by atoms with Crippen molar-refractivity contribution in [2.24, 2.45) is 0 Å². The van der Waals surface area contributed by atoms with Crippen LogP contribution in [-0.4, -0.2) is 31.3 Å². The topological polar surface area (TPSA) is 3.24 Å². The van der Waals surface area contributed by atoms with Gasteiger partial charge in [0, 0.05) is 0 Å². The summed E-state index contributed by atoms with van der Waals surface area (Å²) in [6, 6.07) is 0. The highest BCUT2D eigenvalue weighted by Gasteiger charge is 1.98. The molecule has 0 unspecified atom stereocenters. The van der Waals surface area contributed by atoms with Gasteiger partial charge in [-0.3, -0.25) is 0 Å². The average molecular weight is 279 g/mol. The van der Waals surface area contributed by atoms with Crippen molar-refractivity contribution in [1.29, 1.82) is 0 Å². The van der Waals surface area contributed by atoms with Crippen molar-refractivity contribution in [3.05, 3.63) is 0 Å². The van der Waals surface area contributed by atoms with Crippen LogP contribution >= 0.6 is 33.2 Å². The molecule has 0 atom stereocenters. The van der Waals surface area contributed by atoms with E-state index in [0.717, 1.165) is 0 Å². The van der Waals surface area contributed by atoms with Gasteiger partial charge < -0.3 is 4.90 Å². The first-order valence-electron chi connectivity index (χ1n) is 5.22. The monoisotopic (exact) mass is 277 g/mol.